The minimum absolute atomic E-state index is 0.504. The van der Waals surface area contributed by atoms with Gasteiger partial charge in [-0.25, -0.2) is 4.98 Å². The zero-order chi connectivity index (χ0) is 13.0. The van der Waals surface area contributed by atoms with Gasteiger partial charge in [-0.2, -0.15) is 5.26 Å². The molecule has 1 saturated heterocycles. The van der Waals surface area contributed by atoms with Crippen molar-refractivity contribution in [2.75, 3.05) is 27.2 Å². The van der Waals surface area contributed by atoms with Crippen molar-refractivity contribution in [2.24, 2.45) is 0 Å². The Labute approximate surface area is 109 Å². The number of pyridine rings is 1. The molecule has 1 aliphatic rings. The van der Waals surface area contributed by atoms with Gasteiger partial charge in [0.2, 0.25) is 0 Å². The Balaban J connectivity index is 1.94. The molecule has 2 rings (SSSR count). The average Bonchev–Trinajstić information content (AvgIpc) is 2.39. The van der Waals surface area contributed by atoms with E-state index in [9.17, 15) is 0 Å². The molecule has 0 atom stereocenters. The second-order valence-electron chi connectivity index (χ2n) is 5.11. The van der Waals surface area contributed by atoms with Gasteiger partial charge in [-0.1, -0.05) is 0 Å². The number of nitrogens with zero attached hydrogens (tertiary/aromatic N) is 4. The lowest BCUT2D eigenvalue weighted by Crippen LogP contribution is -2.41. The Morgan fingerprint density at radius 2 is 2.22 bits per heavy atom. The maximum Gasteiger partial charge on any atom is 0.140 e. The van der Waals surface area contributed by atoms with Crippen LogP contribution in [0, 0.1) is 11.3 Å². The quantitative estimate of drug-likeness (QED) is 0.808. The Bertz CT molecular complexity index is 430. The molecule has 0 N–H and O–H groups in total. The largest absolute Gasteiger partial charge is 0.306 e. The Morgan fingerprint density at radius 3 is 2.89 bits per heavy atom. The number of piperidine rings is 1. The van der Waals surface area contributed by atoms with Crippen LogP contribution in [0.15, 0.2) is 18.3 Å². The number of hydrogen-bond donors (Lipinski definition) is 0. The van der Waals surface area contributed by atoms with E-state index in [0.717, 1.165) is 6.54 Å². The van der Waals surface area contributed by atoms with Crippen LogP contribution >= 0.6 is 0 Å². The number of nitriles is 1. The third kappa shape index (κ3) is 3.28. The molecule has 0 aromatic carbocycles. The lowest BCUT2D eigenvalue weighted by molar-refractivity contribution is 0.139. The van der Waals surface area contributed by atoms with Gasteiger partial charge in [0.1, 0.15) is 11.8 Å². The van der Waals surface area contributed by atoms with Gasteiger partial charge in [0, 0.05) is 18.8 Å². The van der Waals surface area contributed by atoms with Gasteiger partial charge < -0.3 is 4.90 Å². The minimum atomic E-state index is 0.504. The molecule has 0 saturated carbocycles. The second kappa shape index (κ2) is 5.94. The molecule has 1 aliphatic heterocycles. The fourth-order valence-corrected chi connectivity index (χ4v) is 2.49. The van der Waals surface area contributed by atoms with E-state index in [1.54, 1.807) is 6.20 Å². The topological polar surface area (TPSA) is 43.2 Å². The highest BCUT2D eigenvalue weighted by atomic mass is 15.2. The second-order valence-corrected chi connectivity index (χ2v) is 5.11. The van der Waals surface area contributed by atoms with Gasteiger partial charge in [-0.05, 0) is 57.7 Å². The summed E-state index contributed by atoms with van der Waals surface area (Å²) in [5.41, 5.74) is 1.67. The SMILES string of the molecule is CN1CCC(N(C)Cc2ccnc(C#N)c2)CC1. The highest BCUT2D eigenvalue weighted by molar-refractivity contribution is 5.25. The number of rotatable bonds is 3. The number of hydrogen-bond acceptors (Lipinski definition) is 4. The monoisotopic (exact) mass is 244 g/mol. The van der Waals surface area contributed by atoms with Gasteiger partial charge in [0.05, 0.1) is 0 Å². The molecule has 96 valence electrons. The molecular formula is C14H20N4. The van der Waals surface area contributed by atoms with E-state index >= 15 is 0 Å². The summed E-state index contributed by atoms with van der Waals surface area (Å²) in [5, 5.41) is 8.84. The third-order valence-electron chi connectivity index (χ3n) is 3.68. The van der Waals surface area contributed by atoms with Crippen LogP contribution in [0.25, 0.3) is 0 Å². The molecule has 4 heteroatoms. The van der Waals surface area contributed by atoms with Crippen molar-refractivity contribution in [1.82, 2.24) is 14.8 Å². The van der Waals surface area contributed by atoms with Crippen LogP contribution in [-0.2, 0) is 6.54 Å². The molecule has 1 aromatic rings. The van der Waals surface area contributed by atoms with Crippen LogP contribution in [-0.4, -0.2) is 48.0 Å². The summed E-state index contributed by atoms with van der Waals surface area (Å²) in [6, 6.07) is 6.62. The Hall–Kier alpha value is -1.44. The fraction of sp³-hybridized carbons (Fsp3) is 0.571. The van der Waals surface area contributed by atoms with Crippen molar-refractivity contribution >= 4 is 0 Å². The van der Waals surface area contributed by atoms with E-state index in [1.165, 1.54) is 31.5 Å². The van der Waals surface area contributed by atoms with Crippen molar-refractivity contribution in [1.29, 1.82) is 5.26 Å². The van der Waals surface area contributed by atoms with E-state index in [-0.39, 0.29) is 0 Å². The molecule has 0 unspecified atom stereocenters. The van der Waals surface area contributed by atoms with Crippen molar-refractivity contribution in [2.45, 2.75) is 25.4 Å². The highest BCUT2D eigenvalue weighted by Gasteiger charge is 2.20. The van der Waals surface area contributed by atoms with Crippen molar-refractivity contribution in [3.8, 4) is 6.07 Å². The van der Waals surface area contributed by atoms with Gasteiger partial charge in [0.15, 0.2) is 0 Å². The molecule has 0 radical (unpaired) electrons. The first-order chi connectivity index (χ1) is 8.69. The molecule has 0 bridgehead atoms. The summed E-state index contributed by atoms with van der Waals surface area (Å²) in [7, 11) is 4.35. The van der Waals surface area contributed by atoms with Crippen LogP contribution in [0.1, 0.15) is 24.1 Å². The van der Waals surface area contributed by atoms with Crippen molar-refractivity contribution < 1.29 is 0 Å². The third-order valence-corrected chi connectivity index (χ3v) is 3.68. The lowest BCUT2D eigenvalue weighted by atomic mass is 10.0. The maximum atomic E-state index is 8.84. The Kier molecular flexibility index (Phi) is 4.29. The fourth-order valence-electron chi connectivity index (χ4n) is 2.49. The number of likely N-dealkylation sites (tertiary alicyclic amines) is 1. The van der Waals surface area contributed by atoms with E-state index in [0.29, 0.717) is 11.7 Å². The predicted molar refractivity (Wildman–Crippen MR) is 70.9 cm³/mol. The smallest absolute Gasteiger partial charge is 0.140 e. The zero-order valence-corrected chi connectivity index (χ0v) is 11.1. The summed E-state index contributed by atoms with van der Waals surface area (Å²) < 4.78 is 0. The normalized spacial score (nSPS) is 17.9. The summed E-state index contributed by atoms with van der Waals surface area (Å²) in [6.45, 7) is 3.25. The molecule has 0 aliphatic carbocycles. The van der Waals surface area contributed by atoms with Crippen LogP contribution < -0.4 is 0 Å². The standard InChI is InChI=1S/C14H20N4/c1-17-7-4-14(5-8-17)18(2)11-12-3-6-16-13(9-12)10-15/h3,6,9,14H,4-5,7-8,11H2,1-2H3. The molecular weight excluding hydrogens is 224 g/mol. The summed E-state index contributed by atoms with van der Waals surface area (Å²) in [6.07, 6.45) is 4.17. The number of aromatic nitrogens is 1. The van der Waals surface area contributed by atoms with E-state index < -0.39 is 0 Å². The van der Waals surface area contributed by atoms with Crippen LogP contribution in [0.2, 0.25) is 0 Å². The molecule has 0 spiro atoms. The van der Waals surface area contributed by atoms with Gasteiger partial charge in [-0.3, -0.25) is 4.90 Å². The molecule has 1 fully saturated rings. The lowest BCUT2D eigenvalue weighted by Gasteiger charge is -2.35. The highest BCUT2D eigenvalue weighted by Crippen LogP contribution is 2.16. The minimum Gasteiger partial charge on any atom is -0.306 e. The van der Waals surface area contributed by atoms with Crippen LogP contribution in [0.4, 0.5) is 0 Å². The van der Waals surface area contributed by atoms with Gasteiger partial charge >= 0.3 is 0 Å². The maximum absolute atomic E-state index is 8.84. The molecule has 4 nitrogen and oxygen atoms in total. The summed E-state index contributed by atoms with van der Waals surface area (Å²) >= 11 is 0. The van der Waals surface area contributed by atoms with Gasteiger partial charge in [0.25, 0.3) is 0 Å². The van der Waals surface area contributed by atoms with E-state index in [1.807, 2.05) is 12.1 Å². The average molecular weight is 244 g/mol. The predicted octanol–water partition coefficient (Wildman–Crippen LogP) is 1.48. The first-order valence-corrected chi connectivity index (χ1v) is 6.43. The van der Waals surface area contributed by atoms with E-state index in [2.05, 4.69) is 34.9 Å². The van der Waals surface area contributed by atoms with Crippen LogP contribution in [0.5, 0.6) is 0 Å². The molecule has 18 heavy (non-hydrogen) atoms. The summed E-state index contributed by atoms with van der Waals surface area (Å²) in [5.74, 6) is 0. The summed E-state index contributed by atoms with van der Waals surface area (Å²) in [4.78, 5) is 8.77. The Morgan fingerprint density at radius 1 is 1.50 bits per heavy atom. The van der Waals surface area contributed by atoms with E-state index in [4.69, 9.17) is 5.26 Å². The zero-order valence-electron chi connectivity index (χ0n) is 11.1. The van der Waals surface area contributed by atoms with Crippen molar-refractivity contribution in [3.63, 3.8) is 0 Å². The van der Waals surface area contributed by atoms with Crippen molar-refractivity contribution in [3.05, 3.63) is 29.6 Å². The molecule has 1 aromatic heterocycles. The first-order valence-electron chi connectivity index (χ1n) is 6.43. The van der Waals surface area contributed by atoms with Crippen LogP contribution in [0.3, 0.4) is 0 Å². The first kappa shape index (κ1) is 13.0. The van der Waals surface area contributed by atoms with Gasteiger partial charge in [-0.15, -0.1) is 0 Å². The molecule has 2 heterocycles. The molecule has 0 amide bonds.